The van der Waals surface area contributed by atoms with Crippen molar-refractivity contribution in [3.05, 3.63) is 80.5 Å². The molecule has 35 heavy (non-hydrogen) atoms. The first-order valence-corrected chi connectivity index (χ1v) is 13.3. The molecule has 0 aliphatic carbocycles. The lowest BCUT2D eigenvalue weighted by Gasteiger charge is -2.17. The van der Waals surface area contributed by atoms with Crippen LogP contribution >= 0.6 is 30.1 Å². The molecule has 12 heteroatoms. The van der Waals surface area contributed by atoms with Gasteiger partial charge in [-0.1, -0.05) is 21.1 Å². The van der Waals surface area contributed by atoms with Gasteiger partial charge in [0.2, 0.25) is 11.5 Å². The van der Waals surface area contributed by atoms with Crippen LogP contribution in [0.25, 0.3) is 21.9 Å². The fourth-order valence-electron chi connectivity index (χ4n) is 3.27. The van der Waals surface area contributed by atoms with E-state index in [9.17, 15) is 19.2 Å². The van der Waals surface area contributed by atoms with E-state index in [1.165, 1.54) is 21.1 Å². The Morgan fingerprint density at radius 3 is 1.63 bits per heavy atom. The van der Waals surface area contributed by atoms with Crippen molar-refractivity contribution in [2.75, 3.05) is 13.2 Å². The molecule has 0 atom stereocenters. The van der Waals surface area contributed by atoms with Crippen LogP contribution in [0.3, 0.4) is 0 Å². The van der Waals surface area contributed by atoms with Crippen LogP contribution in [0.1, 0.15) is 21.1 Å². The third-order valence-corrected chi connectivity index (χ3v) is 7.51. The molecule has 4 rings (SSSR count). The fourth-order valence-corrected chi connectivity index (χ4v) is 4.39. The summed E-state index contributed by atoms with van der Waals surface area (Å²) in [5, 5.41) is 18.2. The zero-order valence-electron chi connectivity index (χ0n) is 17.6. The molecule has 2 heterocycles. The van der Waals surface area contributed by atoms with E-state index in [2.05, 4.69) is 21.2 Å². The van der Waals surface area contributed by atoms with Gasteiger partial charge < -0.3 is 28.5 Å². The van der Waals surface area contributed by atoms with Gasteiger partial charge in [0.1, 0.15) is 46.7 Å². The van der Waals surface area contributed by atoms with Gasteiger partial charge in [-0.3, -0.25) is 9.59 Å². The number of rotatable bonds is 9. The van der Waals surface area contributed by atoms with Crippen LogP contribution in [0.5, 0.6) is 11.5 Å². The number of carbonyl (C=O) groups is 2. The summed E-state index contributed by atoms with van der Waals surface area (Å²) < 4.78 is 22.2. The smallest absolute Gasteiger partial charge is 0.371 e. The quantitative estimate of drug-likeness (QED) is 0.262. The van der Waals surface area contributed by atoms with Gasteiger partial charge in [0, 0.05) is 12.1 Å². The fraction of sp³-hybridized carbons (Fsp3) is 0.130. The Morgan fingerprint density at radius 2 is 1.26 bits per heavy atom. The number of aromatic carboxylic acids is 2. The Morgan fingerprint density at radius 1 is 0.829 bits per heavy atom. The average molecular weight is 610 g/mol. The SMILES string of the molecule is O=C(O)c1cc(=O)c2c(OCC(COc3cccc4oc(C(=O)O)cc(=O)c34)SI)cccc2o1. The first-order valence-electron chi connectivity index (χ1n) is 9.92. The maximum absolute atomic E-state index is 12.5. The number of halogens is 1. The molecule has 2 N–H and O–H groups in total. The monoisotopic (exact) mass is 610 g/mol. The van der Waals surface area contributed by atoms with E-state index in [1.807, 2.05) is 0 Å². The number of ether oxygens (including phenoxy) is 2. The highest BCUT2D eigenvalue weighted by Gasteiger charge is 2.18. The number of carboxylic acids is 2. The molecule has 10 nitrogen and oxygen atoms in total. The van der Waals surface area contributed by atoms with E-state index in [0.29, 0.717) is 0 Å². The first kappa shape index (κ1) is 24.6. The highest BCUT2D eigenvalue weighted by Crippen LogP contribution is 2.28. The highest BCUT2D eigenvalue weighted by atomic mass is 127. The van der Waals surface area contributed by atoms with Gasteiger partial charge in [-0.15, -0.1) is 0 Å². The number of fused-ring (bicyclic) bond motifs is 2. The molecule has 180 valence electrons. The lowest BCUT2D eigenvalue weighted by atomic mass is 10.2. The molecule has 0 saturated carbocycles. The molecule has 2 aromatic heterocycles. The summed E-state index contributed by atoms with van der Waals surface area (Å²) in [6.07, 6.45) is 0. The molecule has 0 bridgehead atoms. The van der Waals surface area contributed by atoms with Gasteiger partial charge in [-0.25, -0.2) is 9.59 Å². The van der Waals surface area contributed by atoms with E-state index in [-0.39, 0.29) is 51.9 Å². The number of hydrogen-bond acceptors (Lipinski definition) is 9. The second-order valence-corrected chi connectivity index (χ2v) is 9.52. The molecule has 0 radical (unpaired) electrons. The Balaban J connectivity index is 1.52. The Kier molecular flexibility index (Phi) is 7.31. The lowest BCUT2D eigenvalue weighted by Crippen LogP contribution is -2.22. The summed E-state index contributed by atoms with van der Waals surface area (Å²) >= 11 is 2.07. The third kappa shape index (κ3) is 5.27. The van der Waals surface area contributed by atoms with Gasteiger partial charge in [0.05, 0.1) is 5.25 Å². The molecule has 0 aliphatic heterocycles. The number of carboxylic acid groups (broad SMARTS) is 2. The zero-order valence-corrected chi connectivity index (χ0v) is 20.5. The summed E-state index contributed by atoms with van der Waals surface area (Å²) in [6, 6.07) is 11.1. The summed E-state index contributed by atoms with van der Waals surface area (Å²) in [4.78, 5) is 47.2. The number of hydrogen-bond donors (Lipinski definition) is 2. The van der Waals surface area contributed by atoms with Crippen LogP contribution in [-0.4, -0.2) is 40.6 Å². The standard InChI is InChI=1S/C23H15IO10S/c24-35-11(9-31-14-3-1-5-16-20(14)12(25)7-18(33-16)22(27)28)10-32-15-4-2-6-17-21(15)13(26)8-19(34-17)23(29)30/h1-8,11H,9-10H2,(H,27,28)(H,29,30). The van der Waals surface area contributed by atoms with Crippen LogP contribution < -0.4 is 20.3 Å². The van der Waals surface area contributed by atoms with Crippen molar-refractivity contribution in [1.29, 1.82) is 0 Å². The van der Waals surface area contributed by atoms with Crippen LogP contribution in [0.15, 0.2) is 67.0 Å². The van der Waals surface area contributed by atoms with E-state index in [4.69, 9.17) is 28.5 Å². The first-order chi connectivity index (χ1) is 16.8. The molecular formula is C23H15IO10S. The third-order valence-electron chi connectivity index (χ3n) is 4.83. The summed E-state index contributed by atoms with van der Waals surface area (Å²) in [5.74, 6) is -3.18. The normalized spacial score (nSPS) is 11.1. The maximum Gasteiger partial charge on any atom is 0.371 e. The summed E-state index contributed by atoms with van der Waals surface area (Å²) in [7, 11) is 1.40. The van der Waals surface area contributed by atoms with Gasteiger partial charge in [0.15, 0.2) is 10.9 Å². The topological polar surface area (TPSA) is 153 Å². The minimum atomic E-state index is -1.35. The van der Waals surface area contributed by atoms with E-state index >= 15 is 0 Å². The highest BCUT2D eigenvalue weighted by molar-refractivity contribution is 14.2. The Labute approximate surface area is 212 Å². The molecule has 4 aromatic rings. The van der Waals surface area contributed by atoms with E-state index in [1.54, 1.807) is 24.3 Å². The van der Waals surface area contributed by atoms with Crippen molar-refractivity contribution in [2.45, 2.75) is 5.25 Å². The zero-order chi connectivity index (χ0) is 25.1. The predicted octanol–water partition coefficient (Wildman–Crippen LogP) is 4.21. The molecule has 2 aromatic carbocycles. The Bertz CT molecular complexity index is 1440. The minimum Gasteiger partial charge on any atom is -0.491 e. The molecule has 0 fully saturated rings. The van der Waals surface area contributed by atoms with Crippen molar-refractivity contribution >= 4 is 64.0 Å². The van der Waals surface area contributed by atoms with Gasteiger partial charge in [0.25, 0.3) is 0 Å². The number of benzene rings is 2. The van der Waals surface area contributed by atoms with Crippen LogP contribution in [0, 0.1) is 0 Å². The largest absolute Gasteiger partial charge is 0.491 e. The minimum absolute atomic E-state index is 0.0885. The predicted molar refractivity (Wildman–Crippen MR) is 135 cm³/mol. The van der Waals surface area contributed by atoms with Crippen molar-refractivity contribution in [1.82, 2.24) is 0 Å². The van der Waals surface area contributed by atoms with Crippen molar-refractivity contribution in [3.63, 3.8) is 0 Å². The van der Waals surface area contributed by atoms with Gasteiger partial charge in [-0.05, 0) is 45.5 Å². The lowest BCUT2D eigenvalue weighted by molar-refractivity contribution is 0.0653. The van der Waals surface area contributed by atoms with Gasteiger partial charge in [-0.2, -0.15) is 0 Å². The van der Waals surface area contributed by atoms with Crippen molar-refractivity contribution in [2.24, 2.45) is 0 Å². The van der Waals surface area contributed by atoms with Crippen molar-refractivity contribution in [3.8, 4) is 11.5 Å². The van der Waals surface area contributed by atoms with E-state index in [0.717, 1.165) is 12.1 Å². The molecule has 0 aliphatic rings. The molecule has 0 amide bonds. The van der Waals surface area contributed by atoms with E-state index < -0.39 is 34.3 Å². The molecule has 0 saturated heterocycles. The summed E-state index contributed by atoms with van der Waals surface area (Å²) in [5.41, 5.74) is -0.911. The second kappa shape index (κ2) is 10.4. The van der Waals surface area contributed by atoms with Crippen LogP contribution in [0.2, 0.25) is 0 Å². The van der Waals surface area contributed by atoms with Crippen molar-refractivity contribution < 1.29 is 38.1 Å². The van der Waals surface area contributed by atoms with Crippen LogP contribution in [-0.2, 0) is 0 Å². The summed E-state index contributed by atoms with van der Waals surface area (Å²) in [6.45, 7) is 0.241. The molecule has 0 spiro atoms. The second-order valence-electron chi connectivity index (χ2n) is 7.15. The maximum atomic E-state index is 12.5. The molecule has 0 unspecified atom stereocenters. The van der Waals surface area contributed by atoms with Gasteiger partial charge >= 0.3 is 11.9 Å². The average Bonchev–Trinajstić information content (AvgIpc) is 2.83. The molecular weight excluding hydrogens is 595 g/mol. The Hall–Kier alpha value is -3.52. The van der Waals surface area contributed by atoms with Crippen LogP contribution in [0.4, 0.5) is 0 Å².